The van der Waals surface area contributed by atoms with Gasteiger partial charge in [-0.3, -0.25) is 10.1 Å². The molecule has 0 fully saturated rings. The molecule has 6 nitrogen and oxygen atoms in total. The molecule has 0 saturated carbocycles. The van der Waals surface area contributed by atoms with Crippen molar-refractivity contribution in [2.45, 2.75) is 13.8 Å². The number of nitrogens with one attached hydrogen (secondary N) is 3. The summed E-state index contributed by atoms with van der Waals surface area (Å²) in [4.78, 5) is 21.6. The van der Waals surface area contributed by atoms with Crippen LogP contribution in [0.1, 0.15) is 21.6 Å². The first kappa shape index (κ1) is 18.5. The average Bonchev–Trinajstić information content (AvgIpc) is 2.58. The minimum atomic E-state index is -0.430. The van der Waals surface area contributed by atoms with Gasteiger partial charge in [0.1, 0.15) is 0 Å². The molecule has 7 heteroatoms. The zero-order chi connectivity index (χ0) is 18.4. The summed E-state index contributed by atoms with van der Waals surface area (Å²) in [5.41, 5.74) is 3.76. The first-order valence-corrected chi connectivity index (χ1v) is 8.21. The third-order valence-electron chi connectivity index (χ3n) is 3.54. The second kappa shape index (κ2) is 8.34. The van der Waals surface area contributed by atoms with Gasteiger partial charge in [-0.25, -0.2) is 9.97 Å². The second-order valence-corrected chi connectivity index (χ2v) is 5.88. The highest BCUT2D eigenvalue weighted by Gasteiger charge is 2.17. The number of rotatable bonds is 6. The number of aryl methyl sites for hydroxylation is 2. The molecule has 0 aliphatic heterocycles. The van der Waals surface area contributed by atoms with Crippen molar-refractivity contribution < 1.29 is 4.79 Å². The van der Waals surface area contributed by atoms with E-state index in [9.17, 15) is 4.79 Å². The van der Waals surface area contributed by atoms with Crippen LogP contribution < -0.4 is 16.0 Å². The second-order valence-electron chi connectivity index (χ2n) is 5.47. The van der Waals surface area contributed by atoms with Crippen molar-refractivity contribution in [2.75, 3.05) is 18.4 Å². The predicted octanol–water partition coefficient (Wildman–Crippen LogP) is 2.63. The minimum absolute atomic E-state index is 0.181. The standard InChI is InChI=1S/C18H21N5OS/c1-5-7-19-16-15(17(24)23-18(25)20-8-6-2)21-13-9-11(3)12(4)10-14(13)22-16/h5-6,9-10H,1-2,7-8H2,3-4H3,(H,19,22)(H2,20,23,24,25). The Morgan fingerprint density at radius 2 is 1.72 bits per heavy atom. The van der Waals surface area contributed by atoms with Gasteiger partial charge in [-0.1, -0.05) is 12.2 Å². The van der Waals surface area contributed by atoms with Crippen LogP contribution in [0.2, 0.25) is 0 Å². The fourth-order valence-electron chi connectivity index (χ4n) is 2.13. The number of anilines is 1. The Kier molecular flexibility index (Phi) is 6.19. The molecular weight excluding hydrogens is 334 g/mol. The van der Waals surface area contributed by atoms with E-state index >= 15 is 0 Å². The summed E-state index contributed by atoms with van der Waals surface area (Å²) in [6.07, 6.45) is 3.33. The van der Waals surface area contributed by atoms with E-state index in [0.29, 0.717) is 24.4 Å². The SMILES string of the molecule is C=CCNC(=S)NC(=O)c1nc2cc(C)c(C)cc2nc1NCC=C. The van der Waals surface area contributed by atoms with E-state index < -0.39 is 5.91 Å². The lowest BCUT2D eigenvalue weighted by atomic mass is 10.1. The van der Waals surface area contributed by atoms with Crippen LogP contribution in [0, 0.1) is 13.8 Å². The van der Waals surface area contributed by atoms with Crippen LogP contribution >= 0.6 is 12.2 Å². The van der Waals surface area contributed by atoms with Gasteiger partial charge in [0.15, 0.2) is 16.6 Å². The van der Waals surface area contributed by atoms with Gasteiger partial charge < -0.3 is 10.6 Å². The van der Waals surface area contributed by atoms with Crippen molar-refractivity contribution in [2.24, 2.45) is 0 Å². The number of carbonyl (C=O) groups excluding carboxylic acids is 1. The molecule has 0 spiro atoms. The van der Waals surface area contributed by atoms with Gasteiger partial charge in [0.25, 0.3) is 5.91 Å². The topological polar surface area (TPSA) is 78.9 Å². The van der Waals surface area contributed by atoms with E-state index in [1.165, 1.54) is 0 Å². The maximum absolute atomic E-state index is 12.6. The summed E-state index contributed by atoms with van der Waals surface area (Å²) < 4.78 is 0. The van der Waals surface area contributed by atoms with Crippen molar-refractivity contribution in [1.82, 2.24) is 20.6 Å². The molecule has 0 radical (unpaired) electrons. The normalized spacial score (nSPS) is 10.2. The molecule has 1 amide bonds. The van der Waals surface area contributed by atoms with E-state index in [1.807, 2.05) is 26.0 Å². The maximum atomic E-state index is 12.6. The summed E-state index contributed by atoms with van der Waals surface area (Å²) in [5.74, 6) is -0.0413. The highest BCUT2D eigenvalue weighted by Crippen LogP contribution is 2.20. The van der Waals surface area contributed by atoms with Gasteiger partial charge in [-0.2, -0.15) is 0 Å². The molecule has 0 aliphatic rings. The molecule has 2 rings (SSSR count). The number of hydrogen-bond acceptors (Lipinski definition) is 5. The summed E-state index contributed by atoms with van der Waals surface area (Å²) in [7, 11) is 0. The summed E-state index contributed by atoms with van der Waals surface area (Å²) in [6.45, 7) is 12.2. The quantitative estimate of drug-likeness (QED) is 0.546. The molecule has 130 valence electrons. The number of carbonyl (C=O) groups is 1. The number of nitrogens with zero attached hydrogens (tertiary/aromatic N) is 2. The summed E-state index contributed by atoms with van der Waals surface area (Å²) >= 11 is 5.08. The number of fused-ring (bicyclic) bond motifs is 1. The number of benzene rings is 1. The van der Waals surface area contributed by atoms with Gasteiger partial charge in [0.05, 0.1) is 11.0 Å². The summed E-state index contributed by atoms with van der Waals surface area (Å²) in [5, 5.41) is 8.71. The molecule has 0 bridgehead atoms. The van der Waals surface area contributed by atoms with Gasteiger partial charge in [0.2, 0.25) is 0 Å². The molecule has 2 aromatic rings. The first-order chi connectivity index (χ1) is 12.0. The smallest absolute Gasteiger partial charge is 0.279 e. The molecule has 3 N–H and O–H groups in total. The molecule has 0 unspecified atom stereocenters. The number of hydrogen-bond donors (Lipinski definition) is 3. The summed E-state index contributed by atoms with van der Waals surface area (Å²) in [6, 6.07) is 3.87. The third-order valence-corrected chi connectivity index (χ3v) is 3.79. The van der Waals surface area contributed by atoms with Gasteiger partial charge >= 0.3 is 0 Å². The van der Waals surface area contributed by atoms with Crippen molar-refractivity contribution in [3.63, 3.8) is 0 Å². The molecule has 25 heavy (non-hydrogen) atoms. The van der Waals surface area contributed by atoms with Gasteiger partial charge in [-0.15, -0.1) is 13.2 Å². The molecule has 1 aromatic carbocycles. The zero-order valence-corrected chi connectivity index (χ0v) is 15.2. The van der Waals surface area contributed by atoms with Crippen molar-refractivity contribution in [1.29, 1.82) is 0 Å². The van der Waals surface area contributed by atoms with E-state index in [-0.39, 0.29) is 10.8 Å². The van der Waals surface area contributed by atoms with Crippen LogP contribution in [0.5, 0.6) is 0 Å². The van der Waals surface area contributed by atoms with Crippen LogP contribution in [0.25, 0.3) is 11.0 Å². The van der Waals surface area contributed by atoms with Crippen LogP contribution in [-0.4, -0.2) is 34.1 Å². The van der Waals surface area contributed by atoms with E-state index in [0.717, 1.165) is 16.6 Å². The van der Waals surface area contributed by atoms with Crippen LogP contribution in [0.4, 0.5) is 5.82 Å². The Morgan fingerprint density at radius 1 is 1.12 bits per heavy atom. The molecule has 0 atom stereocenters. The van der Waals surface area contributed by atoms with E-state index in [4.69, 9.17) is 12.2 Å². The highest BCUT2D eigenvalue weighted by molar-refractivity contribution is 7.80. The van der Waals surface area contributed by atoms with Crippen molar-refractivity contribution in [3.8, 4) is 0 Å². The van der Waals surface area contributed by atoms with Crippen LogP contribution in [0.15, 0.2) is 37.4 Å². The fourth-order valence-corrected chi connectivity index (χ4v) is 2.31. The maximum Gasteiger partial charge on any atom is 0.279 e. The minimum Gasteiger partial charge on any atom is -0.365 e. The van der Waals surface area contributed by atoms with Gasteiger partial charge in [0, 0.05) is 13.1 Å². The average molecular weight is 355 g/mol. The lowest BCUT2D eigenvalue weighted by Crippen LogP contribution is -2.40. The van der Waals surface area contributed by atoms with Gasteiger partial charge in [-0.05, 0) is 49.3 Å². The van der Waals surface area contributed by atoms with Crippen LogP contribution in [-0.2, 0) is 0 Å². The zero-order valence-electron chi connectivity index (χ0n) is 14.3. The molecular formula is C18H21N5OS. The Bertz CT molecular complexity index is 847. The number of aromatic nitrogens is 2. The van der Waals surface area contributed by atoms with Crippen LogP contribution in [0.3, 0.4) is 0 Å². The predicted molar refractivity (Wildman–Crippen MR) is 106 cm³/mol. The Morgan fingerprint density at radius 3 is 2.32 bits per heavy atom. The largest absolute Gasteiger partial charge is 0.365 e. The van der Waals surface area contributed by atoms with E-state index in [2.05, 4.69) is 39.1 Å². The number of thiocarbonyl (C=S) groups is 1. The lowest BCUT2D eigenvalue weighted by molar-refractivity contribution is 0.0973. The third kappa shape index (κ3) is 4.60. The van der Waals surface area contributed by atoms with Crippen molar-refractivity contribution in [3.05, 3.63) is 54.3 Å². The fraction of sp³-hybridized carbons (Fsp3) is 0.222. The lowest BCUT2D eigenvalue weighted by Gasteiger charge is -2.13. The van der Waals surface area contributed by atoms with Crippen molar-refractivity contribution >= 4 is 40.1 Å². The molecule has 0 aliphatic carbocycles. The molecule has 1 aromatic heterocycles. The Balaban J connectivity index is 2.42. The monoisotopic (exact) mass is 355 g/mol. The first-order valence-electron chi connectivity index (χ1n) is 7.80. The van der Waals surface area contributed by atoms with E-state index in [1.54, 1.807) is 12.2 Å². The number of amides is 1. The molecule has 1 heterocycles. The Hall–Kier alpha value is -2.80. The Labute approximate surface area is 152 Å². The highest BCUT2D eigenvalue weighted by atomic mass is 32.1. The molecule has 0 saturated heterocycles.